The van der Waals surface area contributed by atoms with Gasteiger partial charge < -0.3 is 14.8 Å². The third-order valence-corrected chi connectivity index (χ3v) is 4.85. The maximum absolute atomic E-state index is 5.50. The molecule has 0 radical (unpaired) electrons. The van der Waals surface area contributed by atoms with E-state index in [1.807, 2.05) is 6.07 Å². The van der Waals surface area contributed by atoms with Crippen molar-refractivity contribution < 1.29 is 9.47 Å². The molecule has 1 saturated carbocycles. The highest BCUT2D eigenvalue weighted by Gasteiger charge is 2.32. The Hall–Kier alpha value is -2.00. The van der Waals surface area contributed by atoms with Gasteiger partial charge in [-0.05, 0) is 55.4 Å². The lowest BCUT2D eigenvalue weighted by Gasteiger charge is -2.24. The van der Waals surface area contributed by atoms with Crippen LogP contribution < -0.4 is 14.8 Å². The van der Waals surface area contributed by atoms with Gasteiger partial charge in [0.25, 0.3) is 0 Å². The van der Waals surface area contributed by atoms with Crippen LogP contribution in [0.3, 0.4) is 0 Å². The third-order valence-electron chi connectivity index (χ3n) is 4.85. The zero-order valence-corrected chi connectivity index (χ0v) is 13.5. The Labute approximate surface area is 137 Å². The summed E-state index contributed by atoms with van der Waals surface area (Å²) < 4.78 is 10.9. The van der Waals surface area contributed by atoms with E-state index in [9.17, 15) is 0 Å². The summed E-state index contributed by atoms with van der Waals surface area (Å²) in [4.78, 5) is 0. The van der Waals surface area contributed by atoms with Crippen LogP contribution in [0.15, 0.2) is 48.5 Å². The average molecular weight is 309 g/mol. The molecule has 3 heteroatoms. The first-order valence-corrected chi connectivity index (χ1v) is 8.49. The van der Waals surface area contributed by atoms with E-state index in [0.717, 1.165) is 23.8 Å². The molecule has 4 rings (SSSR count). The summed E-state index contributed by atoms with van der Waals surface area (Å²) in [6.07, 6.45) is 3.71. The molecule has 0 spiro atoms. The summed E-state index contributed by atoms with van der Waals surface area (Å²) in [5.74, 6) is 2.54. The molecule has 2 aromatic carbocycles. The SMILES string of the molecule is CC(NC(Cc1ccc2c(c1)OCO2)C1CC1)c1ccccc1. The number of ether oxygens (including phenoxy) is 2. The summed E-state index contributed by atoms with van der Waals surface area (Å²) in [6, 6.07) is 17.9. The maximum Gasteiger partial charge on any atom is 0.231 e. The van der Waals surface area contributed by atoms with Crippen LogP contribution in [-0.2, 0) is 6.42 Å². The van der Waals surface area contributed by atoms with E-state index >= 15 is 0 Å². The fourth-order valence-corrected chi connectivity index (χ4v) is 3.34. The first kappa shape index (κ1) is 14.6. The van der Waals surface area contributed by atoms with Crippen LogP contribution in [0.5, 0.6) is 11.5 Å². The van der Waals surface area contributed by atoms with Crippen molar-refractivity contribution in [1.82, 2.24) is 5.32 Å². The highest BCUT2D eigenvalue weighted by molar-refractivity contribution is 5.44. The Morgan fingerprint density at radius 2 is 1.83 bits per heavy atom. The van der Waals surface area contributed by atoms with Gasteiger partial charge >= 0.3 is 0 Å². The van der Waals surface area contributed by atoms with E-state index < -0.39 is 0 Å². The number of benzene rings is 2. The topological polar surface area (TPSA) is 30.5 Å². The molecule has 3 nitrogen and oxygen atoms in total. The van der Waals surface area contributed by atoms with Crippen LogP contribution in [0.4, 0.5) is 0 Å². The minimum atomic E-state index is 0.341. The smallest absolute Gasteiger partial charge is 0.231 e. The Morgan fingerprint density at radius 3 is 2.61 bits per heavy atom. The van der Waals surface area contributed by atoms with Gasteiger partial charge in [-0.25, -0.2) is 0 Å². The van der Waals surface area contributed by atoms with Gasteiger partial charge in [0, 0.05) is 12.1 Å². The Balaban J connectivity index is 1.46. The molecule has 2 atom stereocenters. The molecule has 0 bridgehead atoms. The number of fused-ring (bicyclic) bond motifs is 1. The predicted molar refractivity (Wildman–Crippen MR) is 90.8 cm³/mol. The minimum absolute atomic E-state index is 0.341. The summed E-state index contributed by atoms with van der Waals surface area (Å²) in [5.41, 5.74) is 2.67. The van der Waals surface area contributed by atoms with Crippen molar-refractivity contribution in [3.8, 4) is 11.5 Å². The molecule has 23 heavy (non-hydrogen) atoms. The quantitative estimate of drug-likeness (QED) is 0.872. The number of hydrogen-bond donors (Lipinski definition) is 1. The second-order valence-electron chi connectivity index (χ2n) is 6.63. The molecule has 1 heterocycles. The molecule has 1 aliphatic heterocycles. The molecular weight excluding hydrogens is 286 g/mol. The molecule has 1 N–H and O–H groups in total. The van der Waals surface area contributed by atoms with Crippen LogP contribution in [0, 0.1) is 5.92 Å². The molecule has 120 valence electrons. The molecule has 1 fully saturated rings. The van der Waals surface area contributed by atoms with E-state index in [4.69, 9.17) is 9.47 Å². The van der Waals surface area contributed by atoms with E-state index in [2.05, 4.69) is 54.7 Å². The lowest BCUT2D eigenvalue weighted by Crippen LogP contribution is -2.35. The van der Waals surface area contributed by atoms with E-state index in [1.54, 1.807) is 0 Å². The minimum Gasteiger partial charge on any atom is -0.454 e. The molecule has 2 aromatic rings. The lowest BCUT2D eigenvalue weighted by atomic mass is 9.99. The summed E-state index contributed by atoms with van der Waals surface area (Å²) in [7, 11) is 0. The Kier molecular flexibility index (Phi) is 3.96. The first-order valence-electron chi connectivity index (χ1n) is 8.49. The van der Waals surface area contributed by atoms with Crippen LogP contribution in [0.2, 0.25) is 0 Å². The second kappa shape index (κ2) is 6.25. The standard InChI is InChI=1S/C20H23NO2/c1-14(16-5-3-2-4-6-16)21-18(17-8-9-17)11-15-7-10-19-20(12-15)23-13-22-19/h2-7,10,12,14,17-18,21H,8-9,11,13H2,1H3. The maximum atomic E-state index is 5.50. The van der Waals surface area contributed by atoms with Gasteiger partial charge in [-0.15, -0.1) is 0 Å². The van der Waals surface area contributed by atoms with E-state index in [-0.39, 0.29) is 0 Å². The molecule has 0 aromatic heterocycles. The second-order valence-corrected chi connectivity index (χ2v) is 6.63. The molecule has 0 amide bonds. The van der Waals surface area contributed by atoms with Gasteiger partial charge in [0.1, 0.15) is 0 Å². The monoisotopic (exact) mass is 309 g/mol. The van der Waals surface area contributed by atoms with Gasteiger partial charge in [0.2, 0.25) is 6.79 Å². The van der Waals surface area contributed by atoms with Crippen LogP contribution in [-0.4, -0.2) is 12.8 Å². The first-order chi connectivity index (χ1) is 11.3. The molecule has 2 aliphatic rings. The van der Waals surface area contributed by atoms with E-state index in [0.29, 0.717) is 18.9 Å². The summed E-state index contributed by atoms with van der Waals surface area (Å²) in [5, 5.41) is 3.84. The van der Waals surface area contributed by atoms with Crippen molar-refractivity contribution in [2.75, 3.05) is 6.79 Å². The summed E-state index contributed by atoms with van der Waals surface area (Å²) in [6.45, 7) is 2.60. The highest BCUT2D eigenvalue weighted by atomic mass is 16.7. The fourth-order valence-electron chi connectivity index (χ4n) is 3.34. The van der Waals surface area contributed by atoms with Gasteiger partial charge in [-0.2, -0.15) is 0 Å². The largest absolute Gasteiger partial charge is 0.454 e. The molecule has 2 unspecified atom stereocenters. The highest BCUT2D eigenvalue weighted by Crippen LogP contribution is 2.37. The van der Waals surface area contributed by atoms with Crippen molar-refractivity contribution >= 4 is 0 Å². The predicted octanol–water partition coefficient (Wildman–Crippen LogP) is 4.09. The third kappa shape index (κ3) is 3.35. The van der Waals surface area contributed by atoms with Gasteiger partial charge in [0.15, 0.2) is 11.5 Å². The van der Waals surface area contributed by atoms with Crippen molar-refractivity contribution in [3.05, 3.63) is 59.7 Å². The number of hydrogen-bond acceptors (Lipinski definition) is 3. The van der Waals surface area contributed by atoms with Gasteiger partial charge in [0.05, 0.1) is 0 Å². The molecule has 1 aliphatic carbocycles. The van der Waals surface area contributed by atoms with Crippen molar-refractivity contribution in [3.63, 3.8) is 0 Å². The fraction of sp³-hybridized carbons (Fsp3) is 0.400. The normalized spacial score (nSPS) is 18.7. The number of nitrogens with one attached hydrogen (secondary N) is 1. The van der Waals surface area contributed by atoms with Gasteiger partial charge in [-0.3, -0.25) is 0 Å². The molecule has 0 saturated heterocycles. The zero-order chi connectivity index (χ0) is 15.6. The van der Waals surface area contributed by atoms with Gasteiger partial charge in [-0.1, -0.05) is 36.4 Å². The summed E-state index contributed by atoms with van der Waals surface area (Å²) >= 11 is 0. The lowest BCUT2D eigenvalue weighted by molar-refractivity contribution is 0.174. The zero-order valence-electron chi connectivity index (χ0n) is 13.5. The van der Waals surface area contributed by atoms with Crippen molar-refractivity contribution in [2.45, 2.75) is 38.3 Å². The van der Waals surface area contributed by atoms with Crippen molar-refractivity contribution in [2.24, 2.45) is 5.92 Å². The van der Waals surface area contributed by atoms with Crippen LogP contribution in [0.1, 0.15) is 36.9 Å². The van der Waals surface area contributed by atoms with Crippen molar-refractivity contribution in [1.29, 1.82) is 0 Å². The number of rotatable bonds is 6. The van der Waals surface area contributed by atoms with Crippen LogP contribution >= 0.6 is 0 Å². The Bertz CT molecular complexity index is 667. The van der Waals surface area contributed by atoms with E-state index in [1.165, 1.54) is 24.0 Å². The Morgan fingerprint density at radius 1 is 1.04 bits per heavy atom. The average Bonchev–Trinajstić information content (AvgIpc) is 3.33. The van der Waals surface area contributed by atoms with Crippen LogP contribution in [0.25, 0.3) is 0 Å². The molecular formula is C20H23NO2.